The molecule has 0 saturated heterocycles. The first-order chi connectivity index (χ1) is 15.4. The van der Waals surface area contributed by atoms with Crippen molar-refractivity contribution in [2.24, 2.45) is 0 Å². The van der Waals surface area contributed by atoms with Crippen LogP contribution in [0, 0.1) is 6.92 Å². The zero-order chi connectivity index (χ0) is 22.7. The molecule has 2 N–H and O–H groups in total. The van der Waals surface area contributed by atoms with Gasteiger partial charge in [-0.25, -0.2) is 18.4 Å². The van der Waals surface area contributed by atoms with E-state index in [2.05, 4.69) is 20.6 Å². The number of fused-ring (bicyclic) bond motifs is 1. The molecule has 1 aliphatic rings. The number of amides is 1. The van der Waals surface area contributed by atoms with Gasteiger partial charge in [0.2, 0.25) is 11.9 Å². The summed E-state index contributed by atoms with van der Waals surface area (Å²) in [5.41, 5.74) is 5.21. The Hall–Kier alpha value is -3.26. The summed E-state index contributed by atoms with van der Waals surface area (Å²) in [5.74, 6) is 0.606. The number of aryl methyl sites for hydroxylation is 3. The number of nitrogens with one attached hydrogen (secondary N) is 2. The first-order valence-corrected chi connectivity index (χ1v) is 12.3. The Morgan fingerprint density at radius 1 is 1.12 bits per heavy atom. The lowest BCUT2D eigenvalue weighted by molar-refractivity contribution is -0.115. The molecule has 1 amide bonds. The highest BCUT2D eigenvalue weighted by Crippen LogP contribution is 2.27. The van der Waals surface area contributed by atoms with E-state index >= 15 is 0 Å². The molecule has 0 bridgehead atoms. The van der Waals surface area contributed by atoms with Crippen LogP contribution in [-0.4, -0.2) is 30.0 Å². The lowest BCUT2D eigenvalue weighted by Gasteiger charge is -2.12. The highest BCUT2D eigenvalue weighted by Gasteiger charge is 2.19. The van der Waals surface area contributed by atoms with Crippen molar-refractivity contribution in [1.29, 1.82) is 0 Å². The van der Waals surface area contributed by atoms with E-state index in [0.29, 0.717) is 36.5 Å². The van der Waals surface area contributed by atoms with Gasteiger partial charge in [0.25, 0.3) is 0 Å². The van der Waals surface area contributed by atoms with Gasteiger partial charge >= 0.3 is 0 Å². The van der Waals surface area contributed by atoms with E-state index in [1.165, 1.54) is 0 Å². The lowest BCUT2D eigenvalue weighted by atomic mass is 10.1. The van der Waals surface area contributed by atoms with Crippen LogP contribution in [0.4, 0.5) is 17.3 Å². The molecule has 1 aromatic heterocycles. The minimum Gasteiger partial charge on any atom is -0.326 e. The van der Waals surface area contributed by atoms with Gasteiger partial charge in [-0.05, 0) is 67.1 Å². The van der Waals surface area contributed by atoms with Crippen LogP contribution in [0.25, 0.3) is 0 Å². The molecular formula is C24H26N4O3S. The van der Waals surface area contributed by atoms with Crippen LogP contribution in [0.5, 0.6) is 0 Å². The summed E-state index contributed by atoms with van der Waals surface area (Å²) >= 11 is 0. The average molecular weight is 451 g/mol. The molecule has 3 aromatic rings. The Labute approximate surface area is 188 Å². The van der Waals surface area contributed by atoms with Gasteiger partial charge in [-0.15, -0.1) is 0 Å². The van der Waals surface area contributed by atoms with Crippen LogP contribution >= 0.6 is 0 Å². The summed E-state index contributed by atoms with van der Waals surface area (Å²) < 4.78 is 25.3. The van der Waals surface area contributed by atoms with Gasteiger partial charge in [-0.2, -0.15) is 0 Å². The van der Waals surface area contributed by atoms with E-state index in [0.717, 1.165) is 33.8 Å². The molecule has 0 spiro atoms. The summed E-state index contributed by atoms with van der Waals surface area (Å²) in [6.07, 6.45) is 3.89. The minimum atomic E-state index is -3.29. The van der Waals surface area contributed by atoms with Crippen LogP contribution in [-0.2, 0) is 33.9 Å². The zero-order valence-electron chi connectivity index (χ0n) is 18.2. The SMILES string of the molecule is CCCS(=O)(=O)c1ccccc1CCc1nc(Nc2ccc3c(c2)CC(=O)N3)ncc1C. The van der Waals surface area contributed by atoms with Gasteiger partial charge in [0.15, 0.2) is 9.84 Å². The first-order valence-electron chi connectivity index (χ1n) is 10.7. The van der Waals surface area contributed by atoms with Crippen molar-refractivity contribution >= 4 is 33.1 Å². The van der Waals surface area contributed by atoms with Crippen molar-refractivity contribution in [1.82, 2.24) is 9.97 Å². The van der Waals surface area contributed by atoms with E-state index in [4.69, 9.17) is 0 Å². The van der Waals surface area contributed by atoms with Crippen molar-refractivity contribution in [2.45, 2.75) is 44.4 Å². The predicted molar refractivity (Wildman–Crippen MR) is 125 cm³/mol. The molecule has 2 aromatic carbocycles. The lowest BCUT2D eigenvalue weighted by Crippen LogP contribution is -2.10. The van der Waals surface area contributed by atoms with Crippen molar-refractivity contribution in [2.75, 3.05) is 16.4 Å². The van der Waals surface area contributed by atoms with Gasteiger partial charge in [0.1, 0.15) is 0 Å². The number of hydrogen-bond acceptors (Lipinski definition) is 6. The Bertz CT molecular complexity index is 1270. The van der Waals surface area contributed by atoms with E-state index < -0.39 is 9.84 Å². The fraction of sp³-hybridized carbons (Fsp3) is 0.292. The number of carbonyl (C=O) groups excluding carboxylic acids is 1. The summed E-state index contributed by atoms with van der Waals surface area (Å²) in [6.45, 7) is 3.82. The molecule has 0 saturated carbocycles. The number of benzene rings is 2. The molecule has 1 aliphatic heterocycles. The molecule has 0 fully saturated rings. The van der Waals surface area contributed by atoms with E-state index in [1.54, 1.807) is 18.3 Å². The second-order valence-corrected chi connectivity index (χ2v) is 10.0. The number of hydrogen-bond donors (Lipinski definition) is 2. The highest BCUT2D eigenvalue weighted by atomic mass is 32.2. The molecule has 7 nitrogen and oxygen atoms in total. The fourth-order valence-corrected chi connectivity index (χ4v) is 5.49. The first kappa shape index (κ1) is 22.0. The van der Waals surface area contributed by atoms with Crippen molar-refractivity contribution < 1.29 is 13.2 Å². The van der Waals surface area contributed by atoms with E-state index in [9.17, 15) is 13.2 Å². The number of sulfone groups is 1. The van der Waals surface area contributed by atoms with E-state index in [1.807, 2.05) is 44.2 Å². The van der Waals surface area contributed by atoms with Gasteiger partial charge in [-0.1, -0.05) is 25.1 Å². The predicted octanol–water partition coefficient (Wildman–Crippen LogP) is 3.99. The third-order valence-electron chi connectivity index (χ3n) is 5.47. The molecule has 2 heterocycles. The summed E-state index contributed by atoms with van der Waals surface area (Å²) in [7, 11) is -3.29. The molecule has 0 unspecified atom stereocenters. The molecule has 0 radical (unpaired) electrons. The maximum Gasteiger partial charge on any atom is 0.228 e. The fourth-order valence-electron chi connectivity index (χ4n) is 3.87. The molecule has 8 heteroatoms. The molecular weight excluding hydrogens is 424 g/mol. The smallest absolute Gasteiger partial charge is 0.228 e. The van der Waals surface area contributed by atoms with Crippen molar-refractivity contribution in [3.63, 3.8) is 0 Å². The normalized spacial score (nSPS) is 13.0. The standard InChI is InChI=1S/C24H26N4O3S/c1-3-12-32(30,31)22-7-5-4-6-17(22)8-10-20-16(2)15-25-24(28-20)26-19-9-11-21-18(13-19)14-23(29)27-21/h4-7,9,11,13,15H,3,8,10,12,14H2,1-2H3,(H,27,29)(H,25,26,28). The summed E-state index contributed by atoms with van der Waals surface area (Å²) in [6, 6.07) is 12.9. The Morgan fingerprint density at radius 3 is 2.75 bits per heavy atom. The second-order valence-electron chi connectivity index (χ2n) is 7.97. The van der Waals surface area contributed by atoms with Gasteiger partial charge in [0, 0.05) is 23.3 Å². The van der Waals surface area contributed by atoms with Crippen LogP contribution in [0.1, 0.15) is 35.7 Å². The number of rotatable bonds is 8. The Kier molecular flexibility index (Phi) is 6.23. The number of aromatic nitrogens is 2. The molecule has 0 aliphatic carbocycles. The quantitative estimate of drug-likeness (QED) is 0.538. The topological polar surface area (TPSA) is 101 Å². The molecule has 166 valence electrons. The maximum absolute atomic E-state index is 12.6. The van der Waals surface area contributed by atoms with Gasteiger partial charge in [0.05, 0.1) is 17.1 Å². The largest absolute Gasteiger partial charge is 0.326 e. The third-order valence-corrected chi connectivity index (χ3v) is 7.49. The van der Waals surface area contributed by atoms with Gasteiger partial charge in [-0.3, -0.25) is 4.79 Å². The second kappa shape index (κ2) is 9.08. The highest BCUT2D eigenvalue weighted by molar-refractivity contribution is 7.91. The summed E-state index contributed by atoms with van der Waals surface area (Å²) in [5, 5.41) is 6.03. The van der Waals surface area contributed by atoms with E-state index in [-0.39, 0.29) is 11.7 Å². The summed E-state index contributed by atoms with van der Waals surface area (Å²) in [4.78, 5) is 21.0. The van der Waals surface area contributed by atoms with Crippen molar-refractivity contribution in [3.8, 4) is 0 Å². The Morgan fingerprint density at radius 2 is 1.94 bits per heavy atom. The van der Waals surface area contributed by atoms with Crippen LogP contribution in [0.3, 0.4) is 0 Å². The molecule has 32 heavy (non-hydrogen) atoms. The minimum absolute atomic E-state index is 0.00717. The van der Waals surface area contributed by atoms with Crippen LogP contribution in [0.15, 0.2) is 53.6 Å². The molecule has 0 atom stereocenters. The average Bonchev–Trinajstić information content (AvgIpc) is 3.13. The Balaban J connectivity index is 1.51. The molecule has 4 rings (SSSR count). The van der Waals surface area contributed by atoms with Crippen molar-refractivity contribution in [3.05, 3.63) is 71.0 Å². The zero-order valence-corrected chi connectivity index (χ0v) is 19.0. The van der Waals surface area contributed by atoms with Crippen LogP contribution in [0.2, 0.25) is 0 Å². The number of carbonyl (C=O) groups is 1. The monoisotopic (exact) mass is 450 g/mol. The number of nitrogens with zero attached hydrogens (tertiary/aromatic N) is 2. The maximum atomic E-state index is 12.6. The van der Waals surface area contributed by atoms with Gasteiger partial charge < -0.3 is 10.6 Å². The van der Waals surface area contributed by atoms with Crippen LogP contribution < -0.4 is 10.6 Å². The number of anilines is 3. The third kappa shape index (κ3) is 4.80.